The number of nitrogens with zero attached hydrogens (tertiary/aromatic N) is 1. The fourth-order valence-corrected chi connectivity index (χ4v) is 1.93. The zero-order valence-electron chi connectivity index (χ0n) is 13.4. The van der Waals surface area contributed by atoms with Crippen molar-refractivity contribution in [1.29, 1.82) is 0 Å². The van der Waals surface area contributed by atoms with Gasteiger partial charge in [-0.3, -0.25) is 4.79 Å². The van der Waals surface area contributed by atoms with E-state index in [2.05, 4.69) is 22.2 Å². The third-order valence-electron chi connectivity index (χ3n) is 3.09. The second-order valence-corrected chi connectivity index (χ2v) is 4.85. The van der Waals surface area contributed by atoms with E-state index in [1.54, 1.807) is 55.6 Å². The molecule has 0 aliphatic heterocycles. The fourth-order valence-electron chi connectivity index (χ4n) is 1.93. The van der Waals surface area contributed by atoms with Crippen LogP contribution in [0.25, 0.3) is 0 Å². The van der Waals surface area contributed by atoms with E-state index in [4.69, 9.17) is 4.74 Å². The van der Waals surface area contributed by atoms with Crippen LogP contribution in [-0.2, 0) is 4.74 Å². The van der Waals surface area contributed by atoms with Crippen molar-refractivity contribution < 1.29 is 14.3 Å². The molecular formula is C18H19N3O3. The summed E-state index contributed by atoms with van der Waals surface area (Å²) in [6.45, 7) is 6.05. The molecule has 1 heterocycles. The second-order valence-electron chi connectivity index (χ2n) is 4.85. The van der Waals surface area contributed by atoms with Gasteiger partial charge in [0, 0.05) is 12.2 Å². The highest BCUT2D eigenvalue weighted by Crippen LogP contribution is 2.17. The maximum atomic E-state index is 11.7. The van der Waals surface area contributed by atoms with Crippen LogP contribution in [0.2, 0.25) is 0 Å². The van der Waals surface area contributed by atoms with E-state index in [0.29, 0.717) is 24.4 Å². The Morgan fingerprint density at radius 3 is 2.46 bits per heavy atom. The summed E-state index contributed by atoms with van der Waals surface area (Å²) < 4.78 is 4.94. The molecule has 0 bridgehead atoms. The molecule has 24 heavy (non-hydrogen) atoms. The maximum absolute atomic E-state index is 11.7. The quantitative estimate of drug-likeness (QED) is 0.604. The molecule has 0 spiro atoms. The van der Waals surface area contributed by atoms with E-state index in [-0.39, 0.29) is 11.9 Å². The van der Waals surface area contributed by atoms with Crippen molar-refractivity contribution >= 4 is 23.3 Å². The number of pyridine rings is 1. The van der Waals surface area contributed by atoms with Gasteiger partial charge < -0.3 is 15.4 Å². The Hall–Kier alpha value is -3.15. The van der Waals surface area contributed by atoms with E-state index < -0.39 is 0 Å². The summed E-state index contributed by atoms with van der Waals surface area (Å²) >= 11 is 0. The predicted octanol–water partition coefficient (Wildman–Crippen LogP) is 2.92. The first-order valence-corrected chi connectivity index (χ1v) is 7.53. The summed E-state index contributed by atoms with van der Waals surface area (Å²) in [4.78, 5) is 27.5. The van der Waals surface area contributed by atoms with Crippen LogP contribution in [0.1, 0.15) is 27.8 Å². The number of aromatic nitrogens is 1. The van der Waals surface area contributed by atoms with Crippen molar-refractivity contribution in [2.24, 2.45) is 0 Å². The first-order chi connectivity index (χ1) is 11.6. The zero-order chi connectivity index (χ0) is 17.4. The van der Waals surface area contributed by atoms with Gasteiger partial charge in [0.05, 0.1) is 24.1 Å². The van der Waals surface area contributed by atoms with Crippen LogP contribution in [-0.4, -0.2) is 30.0 Å². The van der Waals surface area contributed by atoms with Crippen LogP contribution in [0.5, 0.6) is 0 Å². The molecule has 0 aliphatic rings. The largest absolute Gasteiger partial charge is 0.462 e. The molecule has 0 radical (unpaired) electrons. The smallest absolute Gasteiger partial charge is 0.338 e. The van der Waals surface area contributed by atoms with Gasteiger partial charge in [-0.2, -0.15) is 0 Å². The summed E-state index contributed by atoms with van der Waals surface area (Å²) in [5, 5.41) is 5.81. The van der Waals surface area contributed by atoms with E-state index in [9.17, 15) is 9.59 Å². The van der Waals surface area contributed by atoms with Crippen LogP contribution in [0.3, 0.4) is 0 Å². The highest BCUT2D eigenvalue weighted by Gasteiger charge is 2.07. The molecular weight excluding hydrogens is 306 g/mol. The van der Waals surface area contributed by atoms with Crippen LogP contribution < -0.4 is 10.6 Å². The first-order valence-electron chi connectivity index (χ1n) is 7.53. The number of carbonyl (C=O) groups excluding carboxylic acids is 2. The van der Waals surface area contributed by atoms with Crippen LogP contribution in [0.15, 0.2) is 55.3 Å². The fraction of sp³-hybridized carbons (Fsp3) is 0.167. The summed E-state index contributed by atoms with van der Waals surface area (Å²) in [6, 6.07) is 10.3. The minimum absolute atomic E-state index is 0.250. The lowest BCUT2D eigenvalue weighted by Crippen LogP contribution is -2.24. The first kappa shape index (κ1) is 17.2. The Morgan fingerprint density at radius 1 is 1.17 bits per heavy atom. The molecule has 0 saturated carbocycles. The molecule has 1 amide bonds. The Morgan fingerprint density at radius 2 is 1.88 bits per heavy atom. The summed E-state index contributed by atoms with van der Waals surface area (Å²) in [6.07, 6.45) is 3.18. The number of benzene rings is 1. The van der Waals surface area contributed by atoms with Crippen LogP contribution >= 0.6 is 0 Å². The number of ether oxygens (including phenoxy) is 1. The maximum Gasteiger partial charge on any atom is 0.338 e. The second kappa shape index (κ2) is 8.47. The molecule has 6 heteroatoms. The standard InChI is InChI=1S/C18H19N3O3/c1-3-11-19-17(22)16-10-9-15(12-20-16)21-14-7-5-13(6-8-14)18(23)24-4-2/h3,5-10,12,21H,1,4,11H2,2H3,(H,19,22). The van der Waals surface area contributed by atoms with E-state index in [1.165, 1.54) is 0 Å². The minimum Gasteiger partial charge on any atom is -0.462 e. The number of hydrogen-bond donors (Lipinski definition) is 2. The molecule has 0 saturated heterocycles. The summed E-state index contributed by atoms with van der Waals surface area (Å²) in [7, 11) is 0. The topological polar surface area (TPSA) is 80.3 Å². The molecule has 2 rings (SSSR count). The van der Waals surface area contributed by atoms with Gasteiger partial charge in [0.1, 0.15) is 5.69 Å². The van der Waals surface area contributed by atoms with Crippen molar-refractivity contribution in [3.8, 4) is 0 Å². The minimum atomic E-state index is -0.347. The van der Waals surface area contributed by atoms with Crippen LogP contribution in [0.4, 0.5) is 11.4 Å². The molecule has 6 nitrogen and oxygen atoms in total. The van der Waals surface area contributed by atoms with Crippen molar-refractivity contribution in [2.75, 3.05) is 18.5 Å². The van der Waals surface area contributed by atoms with Gasteiger partial charge in [-0.1, -0.05) is 6.08 Å². The number of carbonyl (C=O) groups is 2. The molecule has 0 unspecified atom stereocenters. The lowest BCUT2D eigenvalue weighted by atomic mass is 10.2. The third-order valence-corrected chi connectivity index (χ3v) is 3.09. The molecule has 2 N–H and O–H groups in total. The van der Waals surface area contributed by atoms with Gasteiger partial charge in [-0.05, 0) is 43.3 Å². The van der Waals surface area contributed by atoms with Crippen molar-refractivity contribution in [2.45, 2.75) is 6.92 Å². The molecule has 1 aromatic carbocycles. The molecule has 0 fully saturated rings. The Bertz CT molecular complexity index is 709. The van der Waals surface area contributed by atoms with Gasteiger partial charge in [-0.25, -0.2) is 9.78 Å². The van der Waals surface area contributed by atoms with E-state index in [1.807, 2.05) is 0 Å². The van der Waals surface area contributed by atoms with Crippen LogP contribution in [0, 0.1) is 0 Å². The van der Waals surface area contributed by atoms with E-state index >= 15 is 0 Å². The number of amides is 1. The van der Waals surface area contributed by atoms with Crippen molar-refractivity contribution in [3.63, 3.8) is 0 Å². The number of nitrogens with one attached hydrogen (secondary N) is 2. The monoisotopic (exact) mass is 325 g/mol. The Kier molecular flexibility index (Phi) is 6.08. The van der Waals surface area contributed by atoms with Gasteiger partial charge in [-0.15, -0.1) is 6.58 Å². The van der Waals surface area contributed by atoms with Gasteiger partial charge in [0.15, 0.2) is 0 Å². The third kappa shape index (κ3) is 4.67. The van der Waals surface area contributed by atoms with Gasteiger partial charge >= 0.3 is 5.97 Å². The predicted molar refractivity (Wildman–Crippen MR) is 92.4 cm³/mol. The number of rotatable bonds is 7. The van der Waals surface area contributed by atoms with Crippen molar-refractivity contribution in [3.05, 3.63) is 66.5 Å². The molecule has 0 aliphatic carbocycles. The van der Waals surface area contributed by atoms with Gasteiger partial charge in [0.25, 0.3) is 5.91 Å². The molecule has 0 atom stereocenters. The molecule has 2 aromatic rings. The highest BCUT2D eigenvalue weighted by molar-refractivity contribution is 5.92. The average Bonchev–Trinajstić information content (AvgIpc) is 2.61. The number of esters is 1. The lowest BCUT2D eigenvalue weighted by Gasteiger charge is -2.08. The summed E-state index contributed by atoms with van der Waals surface area (Å²) in [5.74, 6) is -0.596. The lowest BCUT2D eigenvalue weighted by molar-refractivity contribution is 0.0526. The molecule has 1 aromatic heterocycles. The van der Waals surface area contributed by atoms with Gasteiger partial charge in [0.2, 0.25) is 0 Å². The molecule has 124 valence electrons. The SMILES string of the molecule is C=CCNC(=O)c1ccc(Nc2ccc(C(=O)OCC)cc2)cn1. The Balaban J connectivity index is 1.99. The van der Waals surface area contributed by atoms with Crippen molar-refractivity contribution in [1.82, 2.24) is 10.3 Å². The summed E-state index contributed by atoms with van der Waals surface area (Å²) in [5.41, 5.74) is 2.36. The highest BCUT2D eigenvalue weighted by atomic mass is 16.5. The zero-order valence-corrected chi connectivity index (χ0v) is 13.4. The number of hydrogen-bond acceptors (Lipinski definition) is 5. The average molecular weight is 325 g/mol. The Labute approximate surface area is 140 Å². The van der Waals surface area contributed by atoms with E-state index in [0.717, 1.165) is 11.4 Å². The number of anilines is 2. The normalized spacial score (nSPS) is 9.88.